The molecule has 0 N–H and O–H groups in total. The molecule has 0 aliphatic carbocycles. The van der Waals surface area contributed by atoms with Gasteiger partial charge in [-0.3, -0.25) is 9.59 Å². The molecule has 0 unspecified atom stereocenters. The molecule has 0 saturated carbocycles. The molecule has 1 heterocycles. The number of hydrogen-bond donors (Lipinski definition) is 0. The fraction of sp³-hybridized carbons (Fsp3) is 0.391. The van der Waals surface area contributed by atoms with E-state index in [1.165, 1.54) is 5.56 Å². The van der Waals surface area contributed by atoms with Crippen LogP contribution in [0.1, 0.15) is 53.5 Å². The molecule has 2 amide bonds. The maximum atomic E-state index is 12.9. The topological polar surface area (TPSA) is 40.6 Å². The van der Waals surface area contributed by atoms with Crippen LogP contribution in [0.5, 0.6) is 0 Å². The van der Waals surface area contributed by atoms with Gasteiger partial charge in [0, 0.05) is 36.8 Å². The summed E-state index contributed by atoms with van der Waals surface area (Å²) in [5, 5.41) is 0.860. The first-order chi connectivity index (χ1) is 13.7. The van der Waals surface area contributed by atoms with Crippen molar-refractivity contribution < 1.29 is 9.59 Å². The third-order valence-electron chi connectivity index (χ3n) is 5.23. The number of amides is 2. The summed E-state index contributed by atoms with van der Waals surface area (Å²) in [7, 11) is 0. The fourth-order valence-electron chi connectivity index (χ4n) is 3.45. The molecule has 1 aliphatic rings. The van der Waals surface area contributed by atoms with Crippen molar-refractivity contribution in [2.75, 3.05) is 26.2 Å². The van der Waals surface area contributed by atoms with Crippen LogP contribution in [0.3, 0.4) is 0 Å². The number of hydrogen-bond acceptors (Lipinski definition) is 2. The van der Waals surface area contributed by atoms with E-state index in [4.69, 9.17) is 23.2 Å². The molecule has 0 radical (unpaired) electrons. The summed E-state index contributed by atoms with van der Waals surface area (Å²) in [6.45, 7) is 8.60. The van der Waals surface area contributed by atoms with Crippen molar-refractivity contribution in [3.05, 3.63) is 69.2 Å². The highest BCUT2D eigenvalue weighted by molar-refractivity contribution is 6.35. The lowest BCUT2D eigenvalue weighted by Crippen LogP contribution is -2.37. The Bertz CT molecular complexity index is 904. The summed E-state index contributed by atoms with van der Waals surface area (Å²) < 4.78 is 0. The zero-order valence-corrected chi connectivity index (χ0v) is 18.6. The molecule has 2 aromatic carbocycles. The van der Waals surface area contributed by atoms with Crippen molar-refractivity contribution in [1.29, 1.82) is 0 Å². The maximum Gasteiger partial charge on any atom is 0.255 e. The van der Waals surface area contributed by atoms with Crippen LogP contribution in [-0.4, -0.2) is 47.8 Å². The van der Waals surface area contributed by atoms with Crippen LogP contribution in [0.4, 0.5) is 0 Å². The monoisotopic (exact) mass is 432 g/mol. The van der Waals surface area contributed by atoms with Gasteiger partial charge in [-0.05, 0) is 47.7 Å². The Morgan fingerprint density at radius 3 is 2.00 bits per heavy atom. The van der Waals surface area contributed by atoms with Gasteiger partial charge < -0.3 is 9.80 Å². The fourth-order valence-corrected chi connectivity index (χ4v) is 3.82. The van der Waals surface area contributed by atoms with E-state index in [0.717, 1.165) is 6.42 Å². The Morgan fingerprint density at radius 1 is 0.828 bits per heavy atom. The van der Waals surface area contributed by atoms with Gasteiger partial charge >= 0.3 is 0 Å². The second kappa shape index (κ2) is 8.76. The minimum Gasteiger partial charge on any atom is -0.337 e. The molecular formula is C23H26Cl2N2O2. The van der Waals surface area contributed by atoms with Gasteiger partial charge in [0.25, 0.3) is 11.8 Å². The first-order valence-electron chi connectivity index (χ1n) is 9.81. The van der Waals surface area contributed by atoms with Crippen LogP contribution in [0.2, 0.25) is 10.0 Å². The number of carbonyl (C=O) groups excluding carboxylic acids is 2. The molecule has 2 aromatic rings. The molecule has 0 atom stereocenters. The molecule has 154 valence electrons. The molecule has 6 heteroatoms. The quantitative estimate of drug-likeness (QED) is 0.647. The zero-order chi connectivity index (χ0) is 21.2. The average Bonchev–Trinajstić information content (AvgIpc) is 2.94. The second-order valence-corrected chi connectivity index (χ2v) is 9.23. The lowest BCUT2D eigenvalue weighted by Gasteiger charge is -2.23. The van der Waals surface area contributed by atoms with E-state index in [1.54, 1.807) is 23.1 Å². The van der Waals surface area contributed by atoms with Gasteiger partial charge in [0.15, 0.2) is 0 Å². The van der Waals surface area contributed by atoms with Crippen molar-refractivity contribution >= 4 is 35.0 Å². The van der Waals surface area contributed by atoms with Crippen LogP contribution in [0, 0.1) is 0 Å². The van der Waals surface area contributed by atoms with Gasteiger partial charge in [-0.15, -0.1) is 0 Å². The summed E-state index contributed by atoms with van der Waals surface area (Å²) in [6.07, 6.45) is 0.718. The molecule has 4 nitrogen and oxygen atoms in total. The number of nitrogens with zero attached hydrogens (tertiary/aromatic N) is 2. The van der Waals surface area contributed by atoms with Gasteiger partial charge in [-0.25, -0.2) is 0 Å². The minimum atomic E-state index is -0.152. The number of halogens is 2. The van der Waals surface area contributed by atoms with E-state index in [-0.39, 0.29) is 17.2 Å². The SMILES string of the molecule is CC(C)(C)c1ccc(C(=O)N2CCCN(C(=O)c3cc(Cl)ccc3Cl)CC2)cc1. The standard InChI is InChI=1S/C23H26Cl2N2O2/c1-23(2,3)17-7-5-16(6-8-17)21(28)26-11-4-12-27(14-13-26)22(29)19-15-18(24)9-10-20(19)25/h5-10,15H,4,11-14H2,1-3H3. The van der Waals surface area contributed by atoms with Gasteiger partial charge in [0.1, 0.15) is 0 Å². The largest absolute Gasteiger partial charge is 0.337 e. The van der Waals surface area contributed by atoms with Crippen LogP contribution in [0.25, 0.3) is 0 Å². The van der Waals surface area contributed by atoms with E-state index in [0.29, 0.717) is 47.4 Å². The first-order valence-corrected chi connectivity index (χ1v) is 10.6. The summed E-state index contributed by atoms with van der Waals surface area (Å²) >= 11 is 12.2. The third-order valence-corrected chi connectivity index (χ3v) is 5.79. The van der Waals surface area contributed by atoms with Crippen LogP contribution >= 0.6 is 23.2 Å². The summed E-state index contributed by atoms with van der Waals surface area (Å²) in [5.41, 5.74) is 2.32. The van der Waals surface area contributed by atoms with E-state index < -0.39 is 0 Å². The third kappa shape index (κ3) is 5.12. The zero-order valence-electron chi connectivity index (χ0n) is 17.0. The van der Waals surface area contributed by atoms with Gasteiger partial charge in [0.2, 0.25) is 0 Å². The van der Waals surface area contributed by atoms with E-state index in [9.17, 15) is 9.59 Å². The second-order valence-electron chi connectivity index (χ2n) is 8.39. The molecule has 0 bridgehead atoms. The summed E-state index contributed by atoms with van der Waals surface area (Å²) in [6, 6.07) is 12.7. The van der Waals surface area contributed by atoms with Crippen molar-refractivity contribution in [3.63, 3.8) is 0 Å². The van der Waals surface area contributed by atoms with Crippen molar-refractivity contribution in [1.82, 2.24) is 9.80 Å². The molecule has 0 aromatic heterocycles. The smallest absolute Gasteiger partial charge is 0.255 e. The first kappa shape index (κ1) is 21.7. The Balaban J connectivity index is 1.68. The lowest BCUT2D eigenvalue weighted by atomic mass is 9.86. The molecule has 1 aliphatic heterocycles. The van der Waals surface area contributed by atoms with Crippen molar-refractivity contribution in [3.8, 4) is 0 Å². The van der Waals surface area contributed by atoms with Crippen molar-refractivity contribution in [2.24, 2.45) is 0 Å². The van der Waals surface area contributed by atoms with E-state index >= 15 is 0 Å². The average molecular weight is 433 g/mol. The highest BCUT2D eigenvalue weighted by atomic mass is 35.5. The molecule has 0 spiro atoms. The number of rotatable bonds is 2. The highest BCUT2D eigenvalue weighted by Crippen LogP contribution is 2.24. The Kier molecular flexibility index (Phi) is 6.55. The Labute approximate surface area is 182 Å². The molecule has 1 saturated heterocycles. The van der Waals surface area contributed by atoms with Crippen LogP contribution in [0.15, 0.2) is 42.5 Å². The normalized spacial score (nSPS) is 15.2. The van der Waals surface area contributed by atoms with Gasteiger partial charge in [-0.2, -0.15) is 0 Å². The molecular weight excluding hydrogens is 407 g/mol. The van der Waals surface area contributed by atoms with Crippen molar-refractivity contribution in [2.45, 2.75) is 32.6 Å². The summed E-state index contributed by atoms with van der Waals surface area (Å²) in [4.78, 5) is 29.4. The molecule has 3 rings (SSSR count). The van der Waals surface area contributed by atoms with Gasteiger partial charge in [0.05, 0.1) is 10.6 Å². The Morgan fingerprint density at radius 2 is 1.41 bits per heavy atom. The maximum absolute atomic E-state index is 12.9. The molecule has 1 fully saturated rings. The Hall–Kier alpha value is -2.04. The van der Waals surface area contributed by atoms with Crippen LogP contribution < -0.4 is 0 Å². The predicted octanol–water partition coefficient (Wildman–Crippen LogP) is 5.28. The number of carbonyl (C=O) groups is 2. The molecule has 29 heavy (non-hydrogen) atoms. The minimum absolute atomic E-state index is 0.000506. The predicted molar refractivity (Wildman–Crippen MR) is 118 cm³/mol. The summed E-state index contributed by atoms with van der Waals surface area (Å²) in [5.74, 6) is -0.151. The van der Waals surface area contributed by atoms with Gasteiger partial charge in [-0.1, -0.05) is 56.1 Å². The lowest BCUT2D eigenvalue weighted by molar-refractivity contribution is 0.0719. The number of benzene rings is 2. The van der Waals surface area contributed by atoms with E-state index in [2.05, 4.69) is 20.8 Å². The van der Waals surface area contributed by atoms with E-state index in [1.807, 2.05) is 29.2 Å². The highest BCUT2D eigenvalue weighted by Gasteiger charge is 2.25. The van der Waals surface area contributed by atoms with Crippen LogP contribution in [-0.2, 0) is 5.41 Å².